The summed E-state index contributed by atoms with van der Waals surface area (Å²) in [5, 5.41) is 12.9. The van der Waals surface area contributed by atoms with Gasteiger partial charge in [0, 0.05) is 11.3 Å². The topological polar surface area (TPSA) is 102 Å². The number of nitrogens with one attached hydrogen (secondary N) is 1. The summed E-state index contributed by atoms with van der Waals surface area (Å²) in [5.74, 6) is -0.578. The molecule has 1 unspecified atom stereocenters. The zero-order valence-corrected chi connectivity index (χ0v) is 20.5. The van der Waals surface area contributed by atoms with Crippen LogP contribution in [0, 0.1) is 0 Å². The minimum absolute atomic E-state index is 0.0810. The Morgan fingerprint density at radius 3 is 2.19 bits per heavy atom. The predicted octanol–water partition coefficient (Wildman–Crippen LogP) is 3.85. The first-order valence-corrected chi connectivity index (χ1v) is 12.7. The molecule has 1 atom stereocenters. The Balaban J connectivity index is 1.48. The number of halogens is 3. The molecule has 4 rings (SSSR count). The molecule has 3 aromatic rings. The maximum Gasteiger partial charge on any atom is 0.425 e. The van der Waals surface area contributed by atoms with E-state index in [1.165, 1.54) is 61.7 Å². The summed E-state index contributed by atoms with van der Waals surface area (Å²) < 4.78 is 77.1. The Hall–Kier alpha value is -3.41. The molecule has 0 bridgehead atoms. The molecule has 7 nitrogen and oxygen atoms in total. The van der Waals surface area contributed by atoms with E-state index in [0.29, 0.717) is 5.56 Å². The van der Waals surface area contributed by atoms with Gasteiger partial charge in [-0.25, -0.2) is 8.42 Å². The molecule has 1 saturated heterocycles. The van der Waals surface area contributed by atoms with Crippen molar-refractivity contribution in [3.05, 3.63) is 89.5 Å². The third-order valence-corrected chi connectivity index (χ3v) is 8.24. The number of sulfone groups is 1. The van der Waals surface area contributed by atoms with Gasteiger partial charge in [-0.3, -0.25) is 4.79 Å². The number of methoxy groups -OCH3 is 1. The van der Waals surface area contributed by atoms with Crippen LogP contribution in [0.15, 0.2) is 77.7 Å². The third-order valence-electron chi connectivity index (χ3n) is 6.16. The highest BCUT2D eigenvalue weighted by molar-refractivity contribution is 7.92. The van der Waals surface area contributed by atoms with Crippen LogP contribution in [-0.2, 0) is 31.4 Å². The molecule has 3 aromatic carbocycles. The zero-order valence-electron chi connectivity index (χ0n) is 19.7. The van der Waals surface area contributed by atoms with E-state index in [0.717, 1.165) is 18.2 Å². The molecule has 1 aliphatic heterocycles. The molecule has 0 aromatic heterocycles. The molecule has 196 valence electrons. The van der Waals surface area contributed by atoms with Gasteiger partial charge in [0.25, 0.3) is 0 Å². The summed E-state index contributed by atoms with van der Waals surface area (Å²) in [4.78, 5) is 12.6. The highest BCUT2D eigenvalue weighted by Crippen LogP contribution is 2.47. The van der Waals surface area contributed by atoms with Crippen LogP contribution in [0.3, 0.4) is 0 Å². The molecule has 1 aliphatic rings. The van der Waals surface area contributed by atoms with Gasteiger partial charge in [-0.1, -0.05) is 42.5 Å². The molecule has 0 spiro atoms. The van der Waals surface area contributed by atoms with E-state index in [-0.39, 0.29) is 36.0 Å². The van der Waals surface area contributed by atoms with Crippen LogP contribution in [-0.4, -0.2) is 51.2 Å². The summed E-state index contributed by atoms with van der Waals surface area (Å²) in [6.07, 6.45) is -5.14. The van der Waals surface area contributed by atoms with Gasteiger partial charge >= 0.3 is 6.18 Å². The smallest absolute Gasteiger partial charge is 0.425 e. The third kappa shape index (κ3) is 5.20. The molecule has 0 saturated carbocycles. The summed E-state index contributed by atoms with van der Waals surface area (Å²) in [6.45, 7) is 0.315. The molecule has 2 N–H and O–H groups in total. The predicted molar refractivity (Wildman–Crippen MR) is 129 cm³/mol. The second-order valence-electron chi connectivity index (χ2n) is 8.56. The molecular weight excluding hydrogens is 511 g/mol. The number of hydrogen-bond acceptors (Lipinski definition) is 6. The SMILES string of the molecule is COc1ccccc1C(O)(c1ccc(NC(=O)Cc2ccc(S(=O)(=O)C3COC3)cc2)cc1)C(F)(F)F. The van der Waals surface area contributed by atoms with Gasteiger partial charge in [-0.05, 0) is 41.5 Å². The van der Waals surface area contributed by atoms with Crippen molar-refractivity contribution in [3.8, 4) is 5.75 Å². The maximum absolute atomic E-state index is 14.1. The number of para-hydroxylation sites is 1. The summed E-state index contributed by atoms with van der Waals surface area (Å²) in [6, 6.07) is 15.9. The quantitative estimate of drug-likeness (QED) is 0.455. The first kappa shape index (κ1) is 26.6. The van der Waals surface area contributed by atoms with E-state index in [9.17, 15) is 31.5 Å². The van der Waals surface area contributed by atoms with Crippen LogP contribution in [0.1, 0.15) is 16.7 Å². The number of ether oxygens (including phenoxy) is 2. The molecular formula is C26H24F3NO6S. The number of rotatable bonds is 8. The van der Waals surface area contributed by atoms with Gasteiger partial charge in [0.15, 0.2) is 9.84 Å². The zero-order chi connectivity index (χ0) is 26.8. The molecule has 37 heavy (non-hydrogen) atoms. The average Bonchev–Trinajstić information content (AvgIpc) is 2.82. The summed E-state index contributed by atoms with van der Waals surface area (Å²) >= 11 is 0. The maximum atomic E-state index is 14.1. The molecule has 0 aliphatic carbocycles. The molecule has 0 radical (unpaired) electrons. The van der Waals surface area contributed by atoms with Crippen LogP contribution in [0.25, 0.3) is 0 Å². The minimum atomic E-state index is -5.06. The van der Waals surface area contributed by atoms with E-state index < -0.39 is 43.9 Å². The van der Waals surface area contributed by atoms with E-state index in [4.69, 9.17) is 9.47 Å². The van der Waals surface area contributed by atoms with Crippen LogP contribution < -0.4 is 10.1 Å². The lowest BCUT2D eigenvalue weighted by Gasteiger charge is -2.32. The van der Waals surface area contributed by atoms with E-state index in [1.54, 1.807) is 0 Å². The molecule has 1 heterocycles. The Morgan fingerprint density at radius 2 is 1.65 bits per heavy atom. The number of benzene rings is 3. The Kier molecular flexibility index (Phi) is 7.31. The van der Waals surface area contributed by atoms with Gasteiger partial charge in [-0.2, -0.15) is 13.2 Å². The Morgan fingerprint density at radius 1 is 1.03 bits per heavy atom. The lowest BCUT2D eigenvalue weighted by atomic mass is 9.85. The molecule has 1 amide bonds. The van der Waals surface area contributed by atoms with Gasteiger partial charge in [0.05, 0.1) is 31.6 Å². The lowest BCUT2D eigenvalue weighted by molar-refractivity contribution is -0.248. The summed E-state index contributed by atoms with van der Waals surface area (Å²) in [7, 11) is -2.27. The number of aliphatic hydroxyl groups is 1. The highest BCUT2D eigenvalue weighted by atomic mass is 32.2. The van der Waals surface area contributed by atoms with Crippen molar-refractivity contribution in [2.75, 3.05) is 25.6 Å². The molecule has 1 fully saturated rings. The van der Waals surface area contributed by atoms with Crippen molar-refractivity contribution in [2.45, 2.75) is 28.3 Å². The first-order valence-electron chi connectivity index (χ1n) is 11.2. The normalized spacial score (nSPS) is 15.9. The number of hydrogen-bond donors (Lipinski definition) is 2. The number of carbonyl (C=O) groups is 1. The highest BCUT2D eigenvalue weighted by Gasteiger charge is 2.57. The Labute approximate surface area is 211 Å². The number of carbonyl (C=O) groups excluding carboxylic acids is 1. The van der Waals surface area contributed by atoms with Crippen molar-refractivity contribution in [3.63, 3.8) is 0 Å². The fourth-order valence-corrected chi connectivity index (χ4v) is 5.43. The van der Waals surface area contributed by atoms with Crippen molar-refractivity contribution in [1.82, 2.24) is 0 Å². The van der Waals surface area contributed by atoms with Crippen LogP contribution in [0.2, 0.25) is 0 Å². The van der Waals surface area contributed by atoms with Gasteiger partial charge in [0.2, 0.25) is 11.5 Å². The van der Waals surface area contributed by atoms with Crippen LogP contribution >= 0.6 is 0 Å². The monoisotopic (exact) mass is 535 g/mol. The van der Waals surface area contributed by atoms with E-state index in [1.807, 2.05) is 0 Å². The number of anilines is 1. The standard InChI is InChI=1S/C26H24F3NO6S/c1-35-23-5-3-2-4-22(23)25(32,26(27,28)29)18-8-10-19(11-9-18)30-24(31)14-17-6-12-20(13-7-17)37(33,34)21-15-36-16-21/h2-13,21,32H,14-16H2,1H3,(H,30,31). The van der Waals surface area contributed by atoms with Gasteiger partial charge < -0.3 is 19.9 Å². The van der Waals surface area contributed by atoms with Gasteiger partial charge in [0.1, 0.15) is 11.0 Å². The second-order valence-corrected chi connectivity index (χ2v) is 10.8. The van der Waals surface area contributed by atoms with E-state index in [2.05, 4.69) is 5.32 Å². The van der Waals surface area contributed by atoms with Crippen LogP contribution in [0.5, 0.6) is 5.75 Å². The largest absolute Gasteiger partial charge is 0.496 e. The lowest BCUT2D eigenvalue weighted by Crippen LogP contribution is -2.43. The van der Waals surface area contributed by atoms with Crippen molar-refractivity contribution >= 4 is 21.4 Å². The fraction of sp³-hybridized carbons (Fsp3) is 0.269. The average molecular weight is 536 g/mol. The Bertz CT molecular complexity index is 1370. The van der Waals surface area contributed by atoms with Gasteiger partial charge in [-0.15, -0.1) is 0 Å². The van der Waals surface area contributed by atoms with Crippen molar-refractivity contribution < 1.29 is 41.0 Å². The first-order chi connectivity index (χ1) is 17.5. The van der Waals surface area contributed by atoms with Crippen LogP contribution in [0.4, 0.5) is 18.9 Å². The number of amides is 1. The number of alkyl halides is 3. The molecule has 11 heteroatoms. The second kappa shape index (κ2) is 10.2. The minimum Gasteiger partial charge on any atom is -0.496 e. The fourth-order valence-electron chi connectivity index (χ4n) is 3.98. The van der Waals surface area contributed by atoms with Crippen molar-refractivity contribution in [1.29, 1.82) is 0 Å². The van der Waals surface area contributed by atoms with E-state index >= 15 is 0 Å². The van der Waals surface area contributed by atoms with Crippen molar-refractivity contribution in [2.24, 2.45) is 0 Å². The summed E-state index contributed by atoms with van der Waals surface area (Å²) in [5.41, 5.74) is -3.47.